The molecule has 0 unspecified atom stereocenters. The minimum atomic E-state index is -1.00. The van der Waals surface area contributed by atoms with Gasteiger partial charge in [-0.25, -0.2) is 4.79 Å². The van der Waals surface area contributed by atoms with Crippen LogP contribution in [0.2, 0.25) is 5.02 Å². The van der Waals surface area contributed by atoms with Crippen LogP contribution in [0.3, 0.4) is 0 Å². The van der Waals surface area contributed by atoms with Crippen molar-refractivity contribution in [2.24, 2.45) is 5.41 Å². The van der Waals surface area contributed by atoms with E-state index in [2.05, 4.69) is 0 Å². The molecule has 0 saturated carbocycles. The van der Waals surface area contributed by atoms with Gasteiger partial charge in [0.15, 0.2) is 0 Å². The van der Waals surface area contributed by atoms with E-state index in [1.807, 2.05) is 0 Å². The molecule has 0 bridgehead atoms. The van der Waals surface area contributed by atoms with E-state index < -0.39 is 23.6 Å². The summed E-state index contributed by atoms with van der Waals surface area (Å²) in [6.07, 6.45) is -1.00. The topological polar surface area (TPSA) is 52.6 Å². The predicted octanol–water partition coefficient (Wildman–Crippen LogP) is 3.10. The van der Waals surface area contributed by atoms with Crippen molar-refractivity contribution in [2.75, 3.05) is 0 Å². The third kappa shape index (κ3) is 2.34. The van der Waals surface area contributed by atoms with Crippen molar-refractivity contribution >= 4 is 23.5 Å². The molecule has 5 heteroatoms. The zero-order valence-electron chi connectivity index (χ0n) is 10.3. The van der Waals surface area contributed by atoms with Gasteiger partial charge in [0, 0.05) is 10.6 Å². The molecule has 1 aromatic rings. The summed E-state index contributed by atoms with van der Waals surface area (Å²) in [5.41, 5.74) is 0.212. The van der Waals surface area contributed by atoms with Crippen LogP contribution in [0.5, 0.6) is 0 Å². The van der Waals surface area contributed by atoms with Gasteiger partial charge in [-0.05, 0) is 39.0 Å². The fourth-order valence-electron chi connectivity index (χ4n) is 1.50. The Morgan fingerprint density at radius 3 is 2.67 bits per heavy atom. The van der Waals surface area contributed by atoms with Gasteiger partial charge in [0.2, 0.25) is 0 Å². The highest BCUT2D eigenvalue weighted by atomic mass is 35.5. The summed E-state index contributed by atoms with van der Waals surface area (Å²) in [4.78, 5) is 23.3. The standard InChI is InChI=1S/C13H13ClO4/c1-13(2,3)12(16)18-11-9-6-7(14)4-5-8(9)10(15)17-11/h4-6,11H,1-3H3/t11-/m1/s1. The van der Waals surface area contributed by atoms with Gasteiger partial charge in [0.25, 0.3) is 6.29 Å². The molecule has 0 N–H and O–H groups in total. The van der Waals surface area contributed by atoms with Crippen molar-refractivity contribution in [3.8, 4) is 0 Å². The molecule has 0 aromatic heterocycles. The molecule has 1 aliphatic rings. The normalized spacial score (nSPS) is 18.2. The number of fused-ring (bicyclic) bond motifs is 1. The minimum absolute atomic E-state index is 0.381. The Kier molecular flexibility index (Phi) is 3.07. The molecule has 1 atom stereocenters. The van der Waals surface area contributed by atoms with Crippen molar-refractivity contribution in [3.05, 3.63) is 34.3 Å². The third-order valence-corrected chi connectivity index (χ3v) is 2.76. The van der Waals surface area contributed by atoms with Crippen molar-refractivity contribution in [1.82, 2.24) is 0 Å². The first-order valence-corrected chi connectivity index (χ1v) is 5.88. The zero-order valence-corrected chi connectivity index (χ0v) is 11.1. The molecule has 96 valence electrons. The number of hydrogen-bond acceptors (Lipinski definition) is 4. The summed E-state index contributed by atoms with van der Waals surface area (Å²) >= 11 is 5.86. The fraction of sp³-hybridized carbons (Fsp3) is 0.385. The SMILES string of the molecule is CC(C)(C)C(=O)O[C@H]1OC(=O)c2ccc(Cl)cc21. The molecule has 18 heavy (non-hydrogen) atoms. The van der Waals surface area contributed by atoms with Gasteiger partial charge in [-0.1, -0.05) is 11.6 Å². The third-order valence-electron chi connectivity index (χ3n) is 2.53. The van der Waals surface area contributed by atoms with Gasteiger partial charge in [-0.2, -0.15) is 0 Å². The largest absolute Gasteiger partial charge is 0.420 e. The van der Waals surface area contributed by atoms with E-state index in [0.29, 0.717) is 16.1 Å². The Balaban J connectivity index is 2.27. The Hall–Kier alpha value is -1.55. The van der Waals surface area contributed by atoms with Crippen LogP contribution in [0.25, 0.3) is 0 Å². The second-order valence-corrected chi connectivity index (χ2v) is 5.56. The maximum atomic E-state index is 11.8. The Morgan fingerprint density at radius 2 is 2.06 bits per heavy atom. The van der Waals surface area contributed by atoms with E-state index in [1.54, 1.807) is 39.0 Å². The Bertz CT molecular complexity index is 516. The van der Waals surface area contributed by atoms with Gasteiger partial charge < -0.3 is 9.47 Å². The average Bonchev–Trinajstić information content (AvgIpc) is 2.54. The highest BCUT2D eigenvalue weighted by Crippen LogP contribution is 2.34. The van der Waals surface area contributed by atoms with Crippen molar-refractivity contribution in [1.29, 1.82) is 0 Å². The lowest BCUT2D eigenvalue weighted by Gasteiger charge is -2.20. The first-order valence-electron chi connectivity index (χ1n) is 5.50. The van der Waals surface area contributed by atoms with Crippen LogP contribution in [0.4, 0.5) is 0 Å². The lowest BCUT2D eigenvalue weighted by atomic mass is 9.97. The van der Waals surface area contributed by atoms with Crippen LogP contribution in [-0.4, -0.2) is 11.9 Å². The van der Waals surface area contributed by atoms with Crippen LogP contribution in [0.1, 0.15) is 43.0 Å². The number of ether oxygens (including phenoxy) is 2. The van der Waals surface area contributed by atoms with Crippen LogP contribution >= 0.6 is 11.6 Å². The number of carbonyl (C=O) groups is 2. The molecular formula is C13H13ClO4. The molecule has 0 aliphatic carbocycles. The average molecular weight is 269 g/mol. The second kappa shape index (κ2) is 4.28. The van der Waals surface area contributed by atoms with Crippen LogP contribution in [0, 0.1) is 5.41 Å². The number of halogens is 1. The molecule has 0 amide bonds. The number of benzene rings is 1. The van der Waals surface area contributed by atoms with Crippen LogP contribution < -0.4 is 0 Å². The van der Waals surface area contributed by atoms with E-state index in [-0.39, 0.29) is 0 Å². The molecule has 0 radical (unpaired) electrons. The first-order chi connectivity index (χ1) is 8.29. The van der Waals surface area contributed by atoms with Gasteiger partial charge in [0.1, 0.15) is 0 Å². The summed E-state index contributed by atoms with van der Waals surface area (Å²) in [7, 11) is 0. The second-order valence-electron chi connectivity index (χ2n) is 5.12. The molecule has 1 aromatic carbocycles. The maximum absolute atomic E-state index is 11.8. The Morgan fingerprint density at radius 1 is 1.39 bits per heavy atom. The van der Waals surface area contributed by atoms with E-state index in [4.69, 9.17) is 21.1 Å². The number of carbonyl (C=O) groups excluding carboxylic acids is 2. The van der Waals surface area contributed by atoms with Gasteiger partial charge in [0.05, 0.1) is 11.0 Å². The maximum Gasteiger partial charge on any atom is 0.342 e. The number of cyclic esters (lactones) is 1. The number of esters is 2. The number of hydrogen-bond donors (Lipinski definition) is 0. The molecule has 0 spiro atoms. The van der Waals surface area contributed by atoms with Crippen LogP contribution in [0.15, 0.2) is 18.2 Å². The smallest absolute Gasteiger partial charge is 0.342 e. The van der Waals surface area contributed by atoms with Crippen LogP contribution in [-0.2, 0) is 14.3 Å². The first kappa shape index (κ1) is 12.9. The summed E-state index contributed by atoms with van der Waals surface area (Å²) in [5, 5.41) is 0.462. The van der Waals surface area contributed by atoms with E-state index in [9.17, 15) is 9.59 Å². The monoisotopic (exact) mass is 268 g/mol. The lowest BCUT2D eigenvalue weighted by Crippen LogP contribution is -2.25. The molecule has 0 fully saturated rings. The quantitative estimate of drug-likeness (QED) is 0.735. The fourth-order valence-corrected chi connectivity index (χ4v) is 1.68. The molecule has 1 aliphatic heterocycles. The molecule has 0 saturated heterocycles. The van der Waals surface area contributed by atoms with E-state index in [1.165, 1.54) is 0 Å². The molecule has 2 rings (SSSR count). The minimum Gasteiger partial charge on any atom is -0.420 e. The predicted molar refractivity (Wildman–Crippen MR) is 65.2 cm³/mol. The molecule has 1 heterocycles. The molecular weight excluding hydrogens is 256 g/mol. The van der Waals surface area contributed by atoms with Gasteiger partial charge in [-0.15, -0.1) is 0 Å². The summed E-state index contributed by atoms with van der Waals surface area (Å²) < 4.78 is 10.2. The molecule has 4 nitrogen and oxygen atoms in total. The van der Waals surface area contributed by atoms with E-state index in [0.717, 1.165) is 0 Å². The summed E-state index contributed by atoms with van der Waals surface area (Å²) in [6.45, 7) is 5.18. The van der Waals surface area contributed by atoms with Crippen molar-refractivity contribution < 1.29 is 19.1 Å². The van der Waals surface area contributed by atoms with Gasteiger partial charge >= 0.3 is 11.9 Å². The van der Waals surface area contributed by atoms with Crippen molar-refractivity contribution in [3.63, 3.8) is 0 Å². The highest BCUT2D eigenvalue weighted by molar-refractivity contribution is 6.30. The zero-order chi connectivity index (χ0) is 13.5. The number of rotatable bonds is 1. The van der Waals surface area contributed by atoms with Crippen molar-refractivity contribution in [2.45, 2.75) is 27.1 Å². The highest BCUT2D eigenvalue weighted by Gasteiger charge is 2.36. The van der Waals surface area contributed by atoms with Gasteiger partial charge in [-0.3, -0.25) is 4.79 Å². The summed E-state index contributed by atoms with van der Waals surface area (Å²) in [5.74, 6) is -0.943. The Labute approximate surface area is 110 Å². The van der Waals surface area contributed by atoms with E-state index >= 15 is 0 Å². The lowest BCUT2D eigenvalue weighted by molar-refractivity contribution is -0.177. The summed E-state index contributed by atoms with van der Waals surface area (Å²) in [6, 6.07) is 4.73.